The largest absolute Gasteiger partial charge is 0.394 e. The molecule has 0 aromatic heterocycles. The highest BCUT2D eigenvalue weighted by atomic mass is 16.7. The molecular weight excluding hydrogens is 977 g/mol. The third-order valence-corrected chi connectivity index (χ3v) is 13.6. The lowest BCUT2D eigenvalue weighted by atomic mass is 9.97. The van der Waals surface area contributed by atoms with E-state index in [1.54, 1.807) is 0 Å². The third-order valence-electron chi connectivity index (χ3n) is 13.6. The average Bonchev–Trinajstić information content (AvgIpc) is 3.47. The summed E-state index contributed by atoms with van der Waals surface area (Å²) >= 11 is 0. The molecule has 16 nitrogen and oxygen atoms in total. The van der Waals surface area contributed by atoms with Crippen LogP contribution in [0.25, 0.3) is 0 Å². The molecule has 0 saturated carbocycles. The zero-order chi connectivity index (χ0) is 52.5. The molecular formula is C60H68O16. The fraction of sp³-hybridized carbons (Fsp3) is 0.400. The Morgan fingerprint density at radius 3 is 0.842 bits per heavy atom. The summed E-state index contributed by atoms with van der Waals surface area (Å²) in [7, 11) is 0. The van der Waals surface area contributed by atoms with Crippen LogP contribution in [0.5, 0.6) is 0 Å². The Balaban J connectivity index is 0.978. The number of hydrogen-bond donors (Lipinski definition) is 5. The molecule has 6 aromatic carbocycles. The van der Waals surface area contributed by atoms with Crippen LogP contribution < -0.4 is 0 Å². The summed E-state index contributed by atoms with van der Waals surface area (Å²) in [5.74, 6) is 0. The van der Waals surface area contributed by atoms with E-state index in [9.17, 15) is 25.5 Å². The highest BCUT2D eigenvalue weighted by Gasteiger charge is 2.52. The summed E-state index contributed by atoms with van der Waals surface area (Å²) in [4.78, 5) is 0. The van der Waals surface area contributed by atoms with E-state index in [0.717, 1.165) is 33.4 Å². The molecule has 0 amide bonds. The summed E-state index contributed by atoms with van der Waals surface area (Å²) in [6.07, 6.45) is -18.1. The van der Waals surface area contributed by atoms with Gasteiger partial charge in [0.05, 0.1) is 59.5 Å². The van der Waals surface area contributed by atoms with Crippen molar-refractivity contribution in [3.8, 4) is 0 Å². The predicted octanol–water partition coefficient (Wildman–Crippen LogP) is 5.77. The van der Waals surface area contributed by atoms with Crippen molar-refractivity contribution in [2.75, 3.05) is 19.8 Å². The molecule has 15 atom stereocenters. The van der Waals surface area contributed by atoms with Gasteiger partial charge < -0.3 is 77.6 Å². The minimum absolute atomic E-state index is 0.0765. The number of aliphatic hydroxyl groups is 5. The lowest BCUT2D eigenvalue weighted by Gasteiger charge is -2.47. The Kier molecular flexibility index (Phi) is 20.7. The van der Waals surface area contributed by atoms with E-state index in [1.807, 2.05) is 182 Å². The highest BCUT2D eigenvalue weighted by Crippen LogP contribution is 2.34. The maximum Gasteiger partial charge on any atom is 0.186 e. The summed E-state index contributed by atoms with van der Waals surface area (Å²) in [5, 5.41) is 57.8. The molecule has 0 spiro atoms. The van der Waals surface area contributed by atoms with Gasteiger partial charge in [0.25, 0.3) is 0 Å². The van der Waals surface area contributed by atoms with Crippen LogP contribution in [0.3, 0.4) is 0 Å². The predicted molar refractivity (Wildman–Crippen MR) is 275 cm³/mol. The molecule has 5 N–H and O–H groups in total. The number of ether oxygens (including phenoxy) is 11. The van der Waals surface area contributed by atoms with Crippen LogP contribution in [-0.2, 0) is 91.7 Å². The Hall–Kier alpha value is -5.32. The van der Waals surface area contributed by atoms with E-state index in [2.05, 4.69) is 0 Å². The van der Waals surface area contributed by atoms with Crippen molar-refractivity contribution >= 4 is 0 Å². The second-order valence-electron chi connectivity index (χ2n) is 19.0. The van der Waals surface area contributed by atoms with E-state index in [0.29, 0.717) is 0 Å². The Labute approximate surface area is 443 Å². The molecule has 3 heterocycles. The quantitative estimate of drug-likeness (QED) is 0.0462. The van der Waals surface area contributed by atoms with Crippen molar-refractivity contribution < 1.29 is 77.6 Å². The molecule has 0 unspecified atom stereocenters. The first kappa shape index (κ1) is 55.4. The van der Waals surface area contributed by atoms with Gasteiger partial charge in [-0.15, -0.1) is 0 Å². The minimum atomic E-state index is -1.68. The zero-order valence-corrected chi connectivity index (χ0v) is 42.1. The third kappa shape index (κ3) is 15.0. The van der Waals surface area contributed by atoms with Crippen molar-refractivity contribution in [2.24, 2.45) is 0 Å². The zero-order valence-electron chi connectivity index (χ0n) is 42.1. The molecule has 404 valence electrons. The van der Waals surface area contributed by atoms with Crippen LogP contribution in [-0.4, -0.2) is 137 Å². The number of rotatable bonds is 25. The standard InChI is InChI=1S/C60H68O16/c61-31-46-52(66-32-40-19-7-1-8-20-40)56(70-36-44-27-15-5-16-28-44)50(63)59(75-46)73-39-48-54(68-34-42-23-11-3-12-24-42)57(71-37-45-29-17-6-18-30-45)51(64)60(76-48)72-38-47-53(67-33-41-21-9-2-10-22-41)55(49(62)58(65)74-47)69-35-43-25-13-4-14-26-43/h1-30,46-65H,31-39H2/t46-,47-,48-,49+,50+,51+,52-,53-,54-,55-,56-,57-,58+,59+,60+/m1/s1. The monoisotopic (exact) mass is 1040 g/mol. The first-order chi connectivity index (χ1) is 37.3. The van der Waals surface area contributed by atoms with Gasteiger partial charge in [0.15, 0.2) is 18.9 Å². The van der Waals surface area contributed by atoms with Crippen LogP contribution in [0, 0.1) is 0 Å². The van der Waals surface area contributed by atoms with Crippen LogP contribution >= 0.6 is 0 Å². The highest BCUT2D eigenvalue weighted by molar-refractivity contribution is 5.18. The van der Waals surface area contributed by atoms with E-state index < -0.39 is 98.7 Å². The second kappa shape index (κ2) is 28.3. The smallest absolute Gasteiger partial charge is 0.186 e. The van der Waals surface area contributed by atoms with Crippen LogP contribution in [0.15, 0.2) is 182 Å². The Morgan fingerprint density at radius 1 is 0.289 bits per heavy atom. The van der Waals surface area contributed by atoms with Gasteiger partial charge in [0.1, 0.15) is 73.2 Å². The maximum atomic E-state index is 12.4. The molecule has 76 heavy (non-hydrogen) atoms. The van der Waals surface area contributed by atoms with Crippen LogP contribution in [0.1, 0.15) is 33.4 Å². The normalized spacial score (nSPS) is 29.7. The number of aliphatic hydroxyl groups excluding tert-OH is 5. The van der Waals surface area contributed by atoms with Gasteiger partial charge in [-0.2, -0.15) is 0 Å². The fourth-order valence-electron chi connectivity index (χ4n) is 9.54. The lowest BCUT2D eigenvalue weighted by molar-refractivity contribution is -0.353. The second-order valence-corrected chi connectivity index (χ2v) is 19.0. The van der Waals surface area contributed by atoms with Crippen molar-refractivity contribution in [2.45, 2.75) is 132 Å². The molecule has 3 aliphatic rings. The van der Waals surface area contributed by atoms with E-state index in [1.165, 1.54) is 0 Å². The molecule has 3 saturated heterocycles. The van der Waals surface area contributed by atoms with Crippen molar-refractivity contribution in [3.63, 3.8) is 0 Å². The molecule has 3 aliphatic heterocycles. The minimum Gasteiger partial charge on any atom is -0.394 e. The van der Waals surface area contributed by atoms with E-state index in [4.69, 9.17) is 52.1 Å². The van der Waals surface area contributed by atoms with E-state index in [-0.39, 0.29) is 52.9 Å². The number of hydrogen-bond acceptors (Lipinski definition) is 16. The van der Waals surface area contributed by atoms with Gasteiger partial charge in [-0.25, -0.2) is 0 Å². The van der Waals surface area contributed by atoms with Gasteiger partial charge >= 0.3 is 0 Å². The van der Waals surface area contributed by atoms with Gasteiger partial charge in [-0.1, -0.05) is 182 Å². The van der Waals surface area contributed by atoms with Crippen molar-refractivity contribution in [1.82, 2.24) is 0 Å². The fourth-order valence-corrected chi connectivity index (χ4v) is 9.54. The van der Waals surface area contributed by atoms with Gasteiger partial charge in [0, 0.05) is 0 Å². The topological polar surface area (TPSA) is 203 Å². The maximum absolute atomic E-state index is 12.4. The molecule has 16 heteroatoms. The van der Waals surface area contributed by atoms with Crippen LogP contribution in [0.4, 0.5) is 0 Å². The number of benzene rings is 6. The SMILES string of the molecule is OC[C@H]1O[C@H](OC[C@H]2O[C@H](OC[C@H]3O[C@H](O)[C@@H](O)[C@@H](OCc4ccccc4)[C@@H]3OCc3ccccc3)[C@@H](O)[C@@H](OCc3ccccc3)[C@@H]2OCc2ccccc2)[C@@H](O)[C@@H](OCc2ccccc2)[C@@H]1OCc1ccccc1. The first-order valence-corrected chi connectivity index (χ1v) is 25.8. The van der Waals surface area contributed by atoms with Crippen molar-refractivity contribution in [1.29, 1.82) is 0 Å². The molecule has 0 bridgehead atoms. The Morgan fingerprint density at radius 2 is 0.539 bits per heavy atom. The summed E-state index contributed by atoms with van der Waals surface area (Å²) in [5.41, 5.74) is 5.09. The van der Waals surface area contributed by atoms with E-state index >= 15 is 0 Å². The molecule has 0 aliphatic carbocycles. The molecule has 9 rings (SSSR count). The summed E-state index contributed by atoms with van der Waals surface area (Å²) in [6, 6.07) is 56.9. The van der Waals surface area contributed by atoms with Crippen molar-refractivity contribution in [3.05, 3.63) is 215 Å². The summed E-state index contributed by atoms with van der Waals surface area (Å²) in [6.45, 7) is -0.443. The average molecular weight is 1050 g/mol. The van der Waals surface area contributed by atoms with Crippen LogP contribution in [0.2, 0.25) is 0 Å². The lowest BCUT2D eigenvalue weighted by Crippen LogP contribution is -2.64. The first-order valence-electron chi connectivity index (χ1n) is 25.8. The van der Waals surface area contributed by atoms with Gasteiger partial charge in [0.2, 0.25) is 0 Å². The molecule has 6 aromatic rings. The van der Waals surface area contributed by atoms with Gasteiger partial charge in [-0.05, 0) is 33.4 Å². The van der Waals surface area contributed by atoms with Gasteiger partial charge in [-0.3, -0.25) is 0 Å². The molecule has 3 fully saturated rings. The summed E-state index contributed by atoms with van der Waals surface area (Å²) < 4.78 is 70.8. The molecule has 0 radical (unpaired) electrons. The Bertz CT molecular complexity index is 2540.